The summed E-state index contributed by atoms with van der Waals surface area (Å²) >= 11 is 3.49. The third-order valence-electron chi connectivity index (χ3n) is 7.01. The number of nitrogens with zero attached hydrogens (tertiary/aromatic N) is 2. The molecule has 0 heterocycles. The molecule has 0 radical (unpaired) electrons. The topological polar surface area (TPSA) is 86.8 Å². The van der Waals surface area contributed by atoms with E-state index in [4.69, 9.17) is 0 Å². The molecule has 0 fully saturated rings. The van der Waals surface area contributed by atoms with Crippen LogP contribution in [0.15, 0.2) is 112 Å². The van der Waals surface area contributed by atoms with E-state index in [0.29, 0.717) is 0 Å². The molecule has 0 saturated carbocycles. The Labute approximate surface area is 273 Å². The first kappa shape index (κ1) is 33.9. The first-order chi connectivity index (χ1) is 21.2. The smallest absolute Gasteiger partial charge is 0.264 e. The summed E-state index contributed by atoms with van der Waals surface area (Å²) in [5.74, 6) is -1.52. The van der Waals surface area contributed by atoms with Crippen molar-refractivity contribution < 1.29 is 22.4 Å². The summed E-state index contributed by atoms with van der Waals surface area (Å²) in [6.07, 6.45) is 0.206. The molecule has 2 amide bonds. The van der Waals surface area contributed by atoms with Crippen molar-refractivity contribution >= 4 is 43.5 Å². The van der Waals surface area contributed by atoms with Gasteiger partial charge in [-0.2, -0.15) is 0 Å². The first-order valence-electron chi connectivity index (χ1n) is 14.5. The lowest BCUT2D eigenvalue weighted by molar-refractivity contribution is -0.140. The molecule has 10 heteroatoms. The van der Waals surface area contributed by atoms with Gasteiger partial charge in [-0.3, -0.25) is 13.9 Å². The molecule has 7 nitrogen and oxygen atoms in total. The third-order valence-corrected chi connectivity index (χ3v) is 9.30. The highest BCUT2D eigenvalue weighted by atomic mass is 79.9. The summed E-state index contributed by atoms with van der Waals surface area (Å²) in [5, 5.41) is 3.02. The molecule has 0 aliphatic rings. The molecule has 1 N–H and O–H groups in total. The van der Waals surface area contributed by atoms with Crippen molar-refractivity contribution in [3.63, 3.8) is 0 Å². The van der Waals surface area contributed by atoms with Gasteiger partial charge in [0.15, 0.2) is 0 Å². The van der Waals surface area contributed by atoms with E-state index in [2.05, 4.69) is 21.2 Å². The minimum atomic E-state index is -4.31. The lowest BCUT2D eigenvalue weighted by atomic mass is 10.0. The van der Waals surface area contributed by atoms with Gasteiger partial charge < -0.3 is 10.2 Å². The van der Waals surface area contributed by atoms with Gasteiger partial charge in [-0.05, 0) is 87.4 Å². The molecule has 0 saturated heterocycles. The number of hydrogen-bond donors (Lipinski definition) is 1. The number of amides is 2. The molecule has 1 atom stereocenters. The number of rotatable bonds is 11. The lowest BCUT2D eigenvalue weighted by Gasteiger charge is -2.35. The average Bonchev–Trinajstić information content (AvgIpc) is 2.98. The maximum absolute atomic E-state index is 14.5. The maximum Gasteiger partial charge on any atom is 0.264 e. The van der Waals surface area contributed by atoms with E-state index >= 15 is 0 Å². The Hall–Kier alpha value is -4.02. The fourth-order valence-corrected chi connectivity index (χ4v) is 6.67. The fraction of sp³-hybridized carbons (Fsp3) is 0.257. The molecule has 1 unspecified atom stereocenters. The summed E-state index contributed by atoms with van der Waals surface area (Å²) in [7, 11) is -4.31. The summed E-state index contributed by atoms with van der Waals surface area (Å²) in [6, 6.07) is 27.0. The summed E-state index contributed by atoms with van der Waals surface area (Å²) in [6.45, 7) is 6.91. The normalized spacial score (nSPS) is 12.3. The van der Waals surface area contributed by atoms with Crippen molar-refractivity contribution in [3.05, 3.63) is 130 Å². The van der Waals surface area contributed by atoms with Gasteiger partial charge in [-0.25, -0.2) is 12.8 Å². The SMILES string of the molecule is Cc1ccc(N(CC(=O)N(Cc2cccc(Br)c2)C(Cc2ccccc2)C(=O)NC(C)(C)C)S(=O)(=O)c2ccc(F)cc2)cc1. The average molecular weight is 695 g/mol. The second-order valence-electron chi connectivity index (χ2n) is 11.9. The van der Waals surface area contributed by atoms with E-state index < -0.39 is 39.9 Å². The van der Waals surface area contributed by atoms with Crippen molar-refractivity contribution in [1.82, 2.24) is 10.2 Å². The predicted octanol–water partition coefficient (Wildman–Crippen LogP) is 6.65. The second kappa shape index (κ2) is 14.4. The van der Waals surface area contributed by atoms with Crippen molar-refractivity contribution in [2.75, 3.05) is 10.8 Å². The summed E-state index contributed by atoms with van der Waals surface area (Å²) in [5.41, 5.74) is 2.17. The molecule has 4 aromatic carbocycles. The number of aryl methyl sites for hydroxylation is 1. The van der Waals surface area contributed by atoms with Crippen LogP contribution >= 0.6 is 15.9 Å². The molecule has 4 aromatic rings. The zero-order valence-electron chi connectivity index (χ0n) is 25.7. The number of sulfonamides is 1. The van der Waals surface area contributed by atoms with E-state index in [1.165, 1.54) is 17.0 Å². The number of nitrogens with one attached hydrogen (secondary N) is 1. The highest BCUT2D eigenvalue weighted by Crippen LogP contribution is 2.26. The van der Waals surface area contributed by atoms with Crippen LogP contribution in [0.1, 0.15) is 37.5 Å². The van der Waals surface area contributed by atoms with Gasteiger partial charge in [0.05, 0.1) is 10.6 Å². The Bertz CT molecular complexity index is 1730. The molecule has 45 heavy (non-hydrogen) atoms. The van der Waals surface area contributed by atoms with Crippen LogP contribution in [0.2, 0.25) is 0 Å². The summed E-state index contributed by atoms with van der Waals surface area (Å²) in [4.78, 5) is 29.7. The van der Waals surface area contributed by atoms with Crippen molar-refractivity contribution in [2.24, 2.45) is 0 Å². The quantitative estimate of drug-likeness (QED) is 0.191. The van der Waals surface area contributed by atoms with Gasteiger partial charge in [0.1, 0.15) is 18.4 Å². The molecular weight excluding hydrogens is 657 g/mol. The second-order valence-corrected chi connectivity index (χ2v) is 14.7. The van der Waals surface area contributed by atoms with Gasteiger partial charge in [-0.1, -0.05) is 76.1 Å². The van der Waals surface area contributed by atoms with Crippen molar-refractivity contribution in [1.29, 1.82) is 0 Å². The predicted molar refractivity (Wildman–Crippen MR) is 179 cm³/mol. The van der Waals surface area contributed by atoms with Gasteiger partial charge in [0.25, 0.3) is 10.0 Å². The highest BCUT2D eigenvalue weighted by Gasteiger charge is 2.35. The van der Waals surface area contributed by atoms with Gasteiger partial charge in [0.2, 0.25) is 11.8 Å². The molecule has 4 rings (SSSR count). The number of benzene rings is 4. The molecule has 0 aliphatic carbocycles. The van der Waals surface area contributed by atoms with Crippen LogP contribution < -0.4 is 9.62 Å². The van der Waals surface area contributed by atoms with Gasteiger partial charge in [0, 0.05) is 23.0 Å². The minimum absolute atomic E-state index is 0.0473. The molecule has 236 valence electrons. The third kappa shape index (κ3) is 9.25. The number of carbonyl (C=O) groups is 2. The first-order valence-corrected chi connectivity index (χ1v) is 16.7. The molecule has 0 spiro atoms. The van der Waals surface area contributed by atoms with Crippen molar-refractivity contribution in [2.45, 2.75) is 57.1 Å². The lowest BCUT2D eigenvalue weighted by Crippen LogP contribution is -2.56. The number of anilines is 1. The Morgan fingerprint density at radius 2 is 1.49 bits per heavy atom. The zero-order chi connectivity index (χ0) is 32.8. The Morgan fingerprint density at radius 1 is 0.867 bits per heavy atom. The highest BCUT2D eigenvalue weighted by molar-refractivity contribution is 9.10. The van der Waals surface area contributed by atoms with Crippen LogP contribution in [-0.4, -0.2) is 43.3 Å². The van der Waals surface area contributed by atoms with Gasteiger partial charge >= 0.3 is 0 Å². The Kier molecular flexibility index (Phi) is 10.8. The van der Waals surface area contributed by atoms with E-state index in [1.54, 1.807) is 24.3 Å². The Balaban J connectivity index is 1.81. The van der Waals surface area contributed by atoms with E-state index in [9.17, 15) is 22.4 Å². The molecular formula is C35H37BrFN3O4S. The molecule has 0 aromatic heterocycles. The van der Waals surface area contributed by atoms with Crippen molar-refractivity contribution in [3.8, 4) is 0 Å². The van der Waals surface area contributed by atoms with E-state index in [-0.39, 0.29) is 29.5 Å². The van der Waals surface area contributed by atoms with Crippen LogP contribution in [0.3, 0.4) is 0 Å². The maximum atomic E-state index is 14.5. The van der Waals surface area contributed by atoms with Crippen LogP contribution in [0.25, 0.3) is 0 Å². The minimum Gasteiger partial charge on any atom is -0.350 e. The largest absolute Gasteiger partial charge is 0.350 e. The number of hydrogen-bond acceptors (Lipinski definition) is 4. The number of carbonyl (C=O) groups excluding carboxylic acids is 2. The van der Waals surface area contributed by atoms with Crippen LogP contribution in [0.5, 0.6) is 0 Å². The molecule has 0 bridgehead atoms. The molecule has 0 aliphatic heterocycles. The fourth-order valence-electron chi connectivity index (χ4n) is 4.81. The van der Waals surface area contributed by atoms with Crippen LogP contribution in [0, 0.1) is 12.7 Å². The van der Waals surface area contributed by atoms with Gasteiger partial charge in [-0.15, -0.1) is 0 Å². The van der Waals surface area contributed by atoms with Crippen LogP contribution in [0.4, 0.5) is 10.1 Å². The Morgan fingerprint density at radius 3 is 2.09 bits per heavy atom. The zero-order valence-corrected chi connectivity index (χ0v) is 28.1. The van der Waals surface area contributed by atoms with E-state index in [0.717, 1.165) is 37.6 Å². The number of halogens is 2. The standard InChI is InChI=1S/C35H37BrFN3O4S/c1-25-13-17-30(18-14-25)40(45(43,44)31-19-15-29(37)16-20-31)24-33(41)39(23-27-11-8-12-28(36)21-27)32(34(42)38-35(2,3)4)22-26-9-6-5-7-10-26/h5-21,32H,22-24H2,1-4H3,(H,38,42). The monoisotopic (exact) mass is 693 g/mol. The summed E-state index contributed by atoms with van der Waals surface area (Å²) < 4.78 is 43.6. The van der Waals surface area contributed by atoms with E-state index in [1.807, 2.05) is 82.3 Å². The van der Waals surface area contributed by atoms with Crippen LogP contribution in [-0.2, 0) is 32.6 Å².